The maximum Gasteiger partial charge on any atom is 0.261 e. The SMILES string of the molecule is CC(C)OCC#CCOc1cc(N2C(=O)C3=C(CCCC3)C2=O)c(F)cc1Cl. The number of anilines is 1. The summed E-state index contributed by atoms with van der Waals surface area (Å²) in [5.41, 5.74) is 0.827. The Morgan fingerprint density at radius 2 is 1.71 bits per heavy atom. The second kappa shape index (κ2) is 8.76. The summed E-state index contributed by atoms with van der Waals surface area (Å²) in [5, 5.41) is 0.0401. The van der Waals surface area contributed by atoms with E-state index in [4.69, 9.17) is 21.1 Å². The molecule has 0 aromatic heterocycles. The van der Waals surface area contributed by atoms with Crippen molar-refractivity contribution in [3.05, 3.63) is 34.1 Å². The Morgan fingerprint density at radius 1 is 1.11 bits per heavy atom. The average Bonchev–Trinajstić information content (AvgIpc) is 2.91. The van der Waals surface area contributed by atoms with Crippen LogP contribution < -0.4 is 9.64 Å². The zero-order chi connectivity index (χ0) is 20.3. The van der Waals surface area contributed by atoms with E-state index in [0.29, 0.717) is 24.0 Å². The third kappa shape index (κ3) is 4.21. The summed E-state index contributed by atoms with van der Waals surface area (Å²) in [5.74, 6) is 4.05. The molecule has 3 rings (SSSR count). The van der Waals surface area contributed by atoms with Crippen molar-refractivity contribution < 1.29 is 23.5 Å². The zero-order valence-electron chi connectivity index (χ0n) is 15.8. The molecule has 0 N–H and O–H groups in total. The number of amides is 2. The fourth-order valence-electron chi connectivity index (χ4n) is 3.18. The fourth-order valence-corrected chi connectivity index (χ4v) is 3.39. The molecule has 7 heteroatoms. The van der Waals surface area contributed by atoms with E-state index in [1.54, 1.807) is 0 Å². The Labute approximate surface area is 168 Å². The van der Waals surface area contributed by atoms with E-state index >= 15 is 0 Å². The van der Waals surface area contributed by atoms with E-state index in [0.717, 1.165) is 23.8 Å². The third-order valence-electron chi connectivity index (χ3n) is 4.55. The Bertz CT molecular complexity index is 870. The molecule has 0 spiro atoms. The van der Waals surface area contributed by atoms with E-state index < -0.39 is 17.6 Å². The number of carbonyl (C=O) groups is 2. The van der Waals surface area contributed by atoms with Gasteiger partial charge in [-0.3, -0.25) is 9.59 Å². The first-order chi connectivity index (χ1) is 13.4. The number of benzene rings is 1. The van der Waals surface area contributed by atoms with Crippen molar-refractivity contribution in [2.75, 3.05) is 18.1 Å². The molecule has 0 saturated heterocycles. The van der Waals surface area contributed by atoms with Gasteiger partial charge >= 0.3 is 0 Å². The second-order valence-electron chi connectivity index (χ2n) is 6.85. The Morgan fingerprint density at radius 3 is 2.32 bits per heavy atom. The summed E-state index contributed by atoms with van der Waals surface area (Å²) < 4.78 is 25.3. The molecule has 0 fully saturated rings. The van der Waals surface area contributed by atoms with Crippen molar-refractivity contribution in [3.8, 4) is 17.6 Å². The molecular weight excluding hydrogens is 385 g/mol. The highest BCUT2D eigenvalue weighted by molar-refractivity contribution is 6.34. The molecule has 1 aromatic rings. The molecule has 0 unspecified atom stereocenters. The van der Waals surface area contributed by atoms with Crippen molar-refractivity contribution >= 4 is 29.1 Å². The minimum atomic E-state index is -0.754. The topological polar surface area (TPSA) is 55.8 Å². The van der Waals surface area contributed by atoms with Crippen LogP contribution in [0.3, 0.4) is 0 Å². The van der Waals surface area contributed by atoms with Crippen LogP contribution in [0.1, 0.15) is 39.5 Å². The molecule has 2 aliphatic rings. The number of halogens is 2. The quantitative estimate of drug-likeness (QED) is 0.548. The molecule has 28 heavy (non-hydrogen) atoms. The van der Waals surface area contributed by atoms with Crippen molar-refractivity contribution in [1.82, 2.24) is 0 Å². The number of imide groups is 1. The summed E-state index contributed by atoms with van der Waals surface area (Å²) in [7, 11) is 0. The number of rotatable bonds is 5. The molecule has 0 radical (unpaired) electrons. The number of hydrogen-bond donors (Lipinski definition) is 0. The highest BCUT2D eigenvalue weighted by Crippen LogP contribution is 2.39. The molecule has 0 saturated carbocycles. The predicted molar refractivity (Wildman–Crippen MR) is 104 cm³/mol. The first-order valence-electron chi connectivity index (χ1n) is 9.20. The van der Waals surface area contributed by atoms with Crippen LogP contribution in [-0.2, 0) is 14.3 Å². The zero-order valence-corrected chi connectivity index (χ0v) is 16.6. The molecule has 0 atom stereocenters. The van der Waals surface area contributed by atoms with Gasteiger partial charge in [0.15, 0.2) is 0 Å². The minimum Gasteiger partial charge on any atom is -0.479 e. The fraction of sp³-hybridized carbons (Fsp3) is 0.429. The number of hydrogen-bond acceptors (Lipinski definition) is 4. The van der Waals surface area contributed by atoms with E-state index in [1.165, 1.54) is 6.07 Å². The van der Waals surface area contributed by atoms with Gasteiger partial charge in [0, 0.05) is 17.2 Å². The van der Waals surface area contributed by atoms with Gasteiger partial charge in [0.25, 0.3) is 11.8 Å². The molecular formula is C21H21ClFNO4. The summed E-state index contributed by atoms with van der Waals surface area (Å²) in [6.45, 7) is 4.11. The van der Waals surface area contributed by atoms with Crippen LogP contribution in [0, 0.1) is 17.7 Å². The molecule has 0 bridgehead atoms. The third-order valence-corrected chi connectivity index (χ3v) is 4.84. The van der Waals surface area contributed by atoms with Crippen LogP contribution >= 0.6 is 11.6 Å². The van der Waals surface area contributed by atoms with Gasteiger partial charge in [-0.1, -0.05) is 23.4 Å². The summed E-state index contributed by atoms with van der Waals surface area (Å²) in [4.78, 5) is 26.2. The van der Waals surface area contributed by atoms with Gasteiger partial charge in [-0.15, -0.1) is 0 Å². The Hall–Kier alpha value is -2.36. The second-order valence-corrected chi connectivity index (χ2v) is 7.25. The first kappa shape index (κ1) is 20.4. The van der Waals surface area contributed by atoms with Crippen LogP contribution in [0.2, 0.25) is 5.02 Å². The summed E-state index contributed by atoms with van der Waals surface area (Å²) >= 11 is 6.05. The largest absolute Gasteiger partial charge is 0.479 e. The smallest absolute Gasteiger partial charge is 0.261 e. The van der Waals surface area contributed by atoms with Gasteiger partial charge in [0.1, 0.15) is 24.8 Å². The lowest BCUT2D eigenvalue weighted by Gasteiger charge is -2.17. The minimum absolute atomic E-state index is 0.0168. The summed E-state index contributed by atoms with van der Waals surface area (Å²) in [6, 6.07) is 2.32. The lowest BCUT2D eigenvalue weighted by molar-refractivity contribution is -0.120. The molecule has 1 aliphatic heterocycles. The van der Waals surface area contributed by atoms with Gasteiger partial charge in [0.05, 0.1) is 16.8 Å². The molecule has 5 nitrogen and oxygen atoms in total. The Kier molecular flexibility index (Phi) is 6.38. The van der Waals surface area contributed by atoms with Crippen molar-refractivity contribution in [2.24, 2.45) is 0 Å². The van der Waals surface area contributed by atoms with Gasteiger partial charge in [-0.25, -0.2) is 9.29 Å². The van der Waals surface area contributed by atoms with Gasteiger partial charge < -0.3 is 9.47 Å². The lowest BCUT2D eigenvalue weighted by atomic mass is 9.93. The standard InChI is InChI=1S/C21H21ClFNO4/c1-13(2)27-9-5-6-10-28-19-12-18(17(23)11-16(19)22)24-20(25)14-7-3-4-8-15(14)21(24)26/h11-13H,3-4,7-10H2,1-2H3. The maximum atomic E-state index is 14.5. The van der Waals surface area contributed by atoms with Crippen LogP contribution in [0.5, 0.6) is 5.75 Å². The summed E-state index contributed by atoms with van der Waals surface area (Å²) in [6.07, 6.45) is 2.87. The van der Waals surface area contributed by atoms with E-state index in [-0.39, 0.29) is 35.8 Å². The van der Waals surface area contributed by atoms with Gasteiger partial charge in [0.2, 0.25) is 0 Å². The Balaban J connectivity index is 1.77. The van der Waals surface area contributed by atoms with Crippen molar-refractivity contribution in [2.45, 2.75) is 45.6 Å². The van der Waals surface area contributed by atoms with E-state index in [2.05, 4.69) is 11.8 Å². The normalized spacial score (nSPS) is 16.4. The number of nitrogens with zero attached hydrogens (tertiary/aromatic N) is 1. The van der Waals surface area contributed by atoms with Crippen LogP contribution in [0.25, 0.3) is 0 Å². The van der Waals surface area contributed by atoms with Crippen molar-refractivity contribution in [3.63, 3.8) is 0 Å². The molecule has 1 heterocycles. The average molecular weight is 406 g/mol. The van der Waals surface area contributed by atoms with Crippen LogP contribution in [0.15, 0.2) is 23.3 Å². The van der Waals surface area contributed by atoms with Crippen LogP contribution in [0.4, 0.5) is 10.1 Å². The predicted octanol–water partition coefficient (Wildman–Crippen LogP) is 4.03. The highest BCUT2D eigenvalue weighted by atomic mass is 35.5. The molecule has 1 aromatic carbocycles. The molecule has 148 valence electrons. The lowest BCUT2D eigenvalue weighted by Crippen LogP contribution is -2.32. The number of ether oxygens (including phenoxy) is 2. The van der Waals surface area contributed by atoms with E-state index in [9.17, 15) is 14.0 Å². The number of carbonyl (C=O) groups excluding carboxylic acids is 2. The monoisotopic (exact) mass is 405 g/mol. The van der Waals surface area contributed by atoms with Crippen molar-refractivity contribution in [1.29, 1.82) is 0 Å². The van der Waals surface area contributed by atoms with Gasteiger partial charge in [-0.05, 0) is 45.6 Å². The molecule has 2 amide bonds. The maximum absolute atomic E-state index is 14.5. The van der Waals surface area contributed by atoms with Gasteiger partial charge in [-0.2, -0.15) is 0 Å². The van der Waals surface area contributed by atoms with Crippen LogP contribution in [-0.4, -0.2) is 31.1 Å². The first-order valence-corrected chi connectivity index (χ1v) is 9.58. The van der Waals surface area contributed by atoms with E-state index in [1.807, 2.05) is 13.8 Å². The highest BCUT2D eigenvalue weighted by Gasteiger charge is 2.41. The molecule has 1 aliphatic carbocycles.